The van der Waals surface area contributed by atoms with Gasteiger partial charge in [0.2, 0.25) is 5.91 Å². The van der Waals surface area contributed by atoms with Gasteiger partial charge in [-0.3, -0.25) is 4.79 Å². The summed E-state index contributed by atoms with van der Waals surface area (Å²) in [6, 6.07) is 11.3. The Morgan fingerprint density at radius 2 is 2.19 bits per heavy atom. The minimum Gasteiger partial charge on any atom is -0.497 e. The summed E-state index contributed by atoms with van der Waals surface area (Å²) in [6.45, 7) is 0.661. The van der Waals surface area contributed by atoms with Crippen molar-refractivity contribution < 1.29 is 19.0 Å². The summed E-state index contributed by atoms with van der Waals surface area (Å²) in [6.07, 6.45) is 0.621. The van der Waals surface area contributed by atoms with Crippen LogP contribution in [-0.2, 0) is 17.8 Å². The number of benzene rings is 2. The van der Waals surface area contributed by atoms with Crippen LogP contribution in [0.2, 0.25) is 0 Å². The number of methoxy groups -OCH3 is 2. The molecule has 0 unspecified atom stereocenters. The zero-order chi connectivity index (χ0) is 18.8. The molecule has 0 saturated carbocycles. The van der Waals surface area contributed by atoms with Gasteiger partial charge < -0.3 is 24.5 Å². The summed E-state index contributed by atoms with van der Waals surface area (Å²) in [4.78, 5) is 20.3. The van der Waals surface area contributed by atoms with Crippen molar-refractivity contribution >= 4 is 16.9 Å². The van der Waals surface area contributed by atoms with Crippen LogP contribution >= 0.6 is 0 Å². The number of ether oxygens (including phenoxy) is 3. The Balaban J connectivity index is 1.41. The summed E-state index contributed by atoms with van der Waals surface area (Å²) < 4.78 is 16.3. The summed E-state index contributed by atoms with van der Waals surface area (Å²) >= 11 is 0. The highest BCUT2D eigenvalue weighted by Gasteiger charge is 2.27. The Morgan fingerprint density at radius 3 is 3.00 bits per heavy atom. The van der Waals surface area contributed by atoms with E-state index in [0.29, 0.717) is 31.1 Å². The van der Waals surface area contributed by atoms with E-state index < -0.39 is 0 Å². The average molecular weight is 367 g/mol. The van der Waals surface area contributed by atoms with Crippen molar-refractivity contribution in [3.05, 3.63) is 47.8 Å². The van der Waals surface area contributed by atoms with Gasteiger partial charge in [0.25, 0.3) is 0 Å². The van der Waals surface area contributed by atoms with Crippen molar-refractivity contribution in [3.63, 3.8) is 0 Å². The lowest BCUT2D eigenvalue weighted by Crippen LogP contribution is -2.37. The average Bonchev–Trinajstić information content (AvgIpc) is 3.13. The molecule has 2 heterocycles. The third kappa shape index (κ3) is 3.40. The maximum atomic E-state index is 12.6. The Hall–Kier alpha value is -3.22. The largest absolute Gasteiger partial charge is 0.497 e. The number of aromatic nitrogens is 2. The quantitative estimate of drug-likeness (QED) is 0.723. The van der Waals surface area contributed by atoms with E-state index in [-0.39, 0.29) is 11.8 Å². The second-order valence-electron chi connectivity index (χ2n) is 6.44. The maximum absolute atomic E-state index is 12.6. The molecule has 4 rings (SSSR count). The highest BCUT2D eigenvalue weighted by Crippen LogP contribution is 2.36. The van der Waals surface area contributed by atoms with Gasteiger partial charge in [0, 0.05) is 6.07 Å². The van der Waals surface area contributed by atoms with E-state index in [1.54, 1.807) is 14.2 Å². The zero-order valence-electron chi connectivity index (χ0n) is 15.2. The molecule has 0 saturated heterocycles. The summed E-state index contributed by atoms with van der Waals surface area (Å²) in [5.41, 5.74) is 2.69. The fourth-order valence-corrected chi connectivity index (χ4v) is 3.29. The molecule has 0 fully saturated rings. The van der Waals surface area contributed by atoms with Crippen molar-refractivity contribution in [1.82, 2.24) is 15.3 Å². The van der Waals surface area contributed by atoms with E-state index in [1.807, 2.05) is 36.4 Å². The highest BCUT2D eigenvalue weighted by atomic mass is 16.5. The number of amides is 1. The van der Waals surface area contributed by atoms with Crippen LogP contribution in [0.4, 0.5) is 0 Å². The molecule has 1 aliphatic rings. The SMILES string of the molecule is COc1ccc2nc(CNC(=O)[C@@H]3COc4c(cccc4OC)C3)[nH]c2c1. The van der Waals surface area contributed by atoms with E-state index in [2.05, 4.69) is 15.3 Å². The van der Waals surface area contributed by atoms with Crippen LogP contribution in [-0.4, -0.2) is 36.7 Å². The summed E-state index contributed by atoms with van der Waals surface area (Å²) in [7, 11) is 3.24. The monoisotopic (exact) mass is 367 g/mol. The van der Waals surface area contributed by atoms with Gasteiger partial charge in [0.1, 0.15) is 18.2 Å². The summed E-state index contributed by atoms with van der Waals surface area (Å²) in [5, 5.41) is 2.94. The first-order chi connectivity index (χ1) is 13.2. The molecular weight excluding hydrogens is 346 g/mol. The molecule has 0 spiro atoms. The number of nitrogens with one attached hydrogen (secondary N) is 2. The van der Waals surface area contributed by atoms with Gasteiger partial charge in [0.15, 0.2) is 11.5 Å². The number of H-pyrrole nitrogens is 1. The first-order valence-corrected chi connectivity index (χ1v) is 8.77. The second-order valence-corrected chi connectivity index (χ2v) is 6.44. The molecule has 140 valence electrons. The van der Waals surface area contributed by atoms with Crippen molar-refractivity contribution in [2.45, 2.75) is 13.0 Å². The van der Waals surface area contributed by atoms with Crippen molar-refractivity contribution in [2.24, 2.45) is 5.92 Å². The van der Waals surface area contributed by atoms with Gasteiger partial charge in [-0.15, -0.1) is 0 Å². The van der Waals surface area contributed by atoms with Crippen molar-refractivity contribution in [1.29, 1.82) is 0 Å². The van der Waals surface area contributed by atoms with E-state index in [4.69, 9.17) is 14.2 Å². The number of aromatic amines is 1. The molecule has 1 atom stereocenters. The molecule has 2 N–H and O–H groups in total. The van der Waals surface area contributed by atoms with Gasteiger partial charge in [-0.25, -0.2) is 4.98 Å². The van der Waals surface area contributed by atoms with Crippen LogP contribution in [0.15, 0.2) is 36.4 Å². The number of nitrogens with zero attached hydrogens (tertiary/aromatic N) is 1. The first-order valence-electron chi connectivity index (χ1n) is 8.77. The molecule has 1 aliphatic heterocycles. The molecule has 3 aromatic rings. The topological polar surface area (TPSA) is 85.5 Å². The third-order valence-electron chi connectivity index (χ3n) is 4.71. The standard InChI is InChI=1S/C20H21N3O4/c1-25-14-6-7-15-16(9-14)23-18(22-15)10-21-20(24)13-8-12-4-3-5-17(26-2)19(12)27-11-13/h3-7,9,13H,8,10-11H2,1-2H3,(H,21,24)(H,22,23)/t13-/m0/s1. The summed E-state index contributed by atoms with van der Waals surface area (Å²) in [5.74, 6) is 2.59. The number of imidazole rings is 1. The number of hydrogen-bond donors (Lipinski definition) is 2. The molecule has 0 bridgehead atoms. The molecule has 7 nitrogen and oxygen atoms in total. The molecule has 27 heavy (non-hydrogen) atoms. The van der Waals surface area contributed by atoms with Crippen LogP contribution in [0, 0.1) is 5.92 Å². The lowest BCUT2D eigenvalue weighted by Gasteiger charge is -2.25. The number of carbonyl (C=O) groups excluding carboxylic acids is 1. The second kappa shape index (κ2) is 7.19. The van der Waals surface area contributed by atoms with E-state index >= 15 is 0 Å². The molecule has 7 heteroatoms. The predicted octanol–water partition coefficient (Wildman–Crippen LogP) is 2.45. The molecular formula is C20H21N3O4. The number of carbonyl (C=O) groups is 1. The highest BCUT2D eigenvalue weighted by molar-refractivity contribution is 5.80. The van der Waals surface area contributed by atoms with Gasteiger partial charge in [0.05, 0.1) is 37.7 Å². The Morgan fingerprint density at radius 1 is 1.30 bits per heavy atom. The van der Waals surface area contributed by atoms with E-state index in [0.717, 1.165) is 28.1 Å². The number of fused-ring (bicyclic) bond motifs is 2. The molecule has 1 aromatic heterocycles. The van der Waals surface area contributed by atoms with Crippen molar-refractivity contribution in [2.75, 3.05) is 20.8 Å². The molecule has 0 aliphatic carbocycles. The maximum Gasteiger partial charge on any atom is 0.227 e. The van der Waals surface area contributed by atoms with Crippen LogP contribution < -0.4 is 19.5 Å². The Labute approximate surface area is 156 Å². The van der Waals surface area contributed by atoms with Crippen molar-refractivity contribution in [3.8, 4) is 17.2 Å². The third-order valence-corrected chi connectivity index (χ3v) is 4.71. The van der Waals surface area contributed by atoms with Gasteiger partial charge >= 0.3 is 0 Å². The van der Waals surface area contributed by atoms with Gasteiger partial charge in [-0.05, 0) is 30.2 Å². The molecule has 2 aromatic carbocycles. The molecule has 0 radical (unpaired) electrons. The Kier molecular flexibility index (Phi) is 4.58. The van der Waals surface area contributed by atoms with Crippen LogP contribution in [0.1, 0.15) is 11.4 Å². The van der Waals surface area contributed by atoms with Crippen LogP contribution in [0.3, 0.4) is 0 Å². The Bertz CT molecular complexity index is 983. The lowest BCUT2D eigenvalue weighted by atomic mass is 9.95. The number of para-hydroxylation sites is 1. The van der Waals surface area contributed by atoms with Gasteiger partial charge in [-0.2, -0.15) is 0 Å². The number of rotatable bonds is 5. The predicted molar refractivity (Wildman–Crippen MR) is 100 cm³/mol. The first kappa shape index (κ1) is 17.2. The minimum atomic E-state index is -0.242. The lowest BCUT2D eigenvalue weighted by molar-refractivity contribution is -0.126. The van der Waals surface area contributed by atoms with Gasteiger partial charge in [-0.1, -0.05) is 12.1 Å². The smallest absolute Gasteiger partial charge is 0.227 e. The minimum absolute atomic E-state index is 0.0542. The van der Waals surface area contributed by atoms with Crippen LogP contribution in [0.25, 0.3) is 11.0 Å². The molecule has 1 amide bonds. The normalized spacial score (nSPS) is 15.7. The van der Waals surface area contributed by atoms with Crippen LogP contribution in [0.5, 0.6) is 17.2 Å². The number of hydrogen-bond acceptors (Lipinski definition) is 5. The zero-order valence-corrected chi connectivity index (χ0v) is 15.2. The van der Waals surface area contributed by atoms with E-state index in [1.165, 1.54) is 0 Å². The fourth-order valence-electron chi connectivity index (χ4n) is 3.29. The van der Waals surface area contributed by atoms with E-state index in [9.17, 15) is 4.79 Å². The fraction of sp³-hybridized carbons (Fsp3) is 0.300.